The van der Waals surface area contributed by atoms with E-state index >= 15 is 0 Å². The summed E-state index contributed by atoms with van der Waals surface area (Å²) in [5.74, 6) is 2.37. The Labute approximate surface area is 339 Å². The lowest BCUT2D eigenvalue weighted by Gasteiger charge is -2.36. The molecular weight excluding hydrogens is 723 g/mol. The van der Waals surface area contributed by atoms with Crippen molar-refractivity contribution in [1.29, 1.82) is 0 Å². The first kappa shape index (κ1) is 32.3. The third kappa shape index (κ3) is 4.43. The van der Waals surface area contributed by atoms with E-state index in [2.05, 4.69) is 193 Å². The molecule has 0 unspecified atom stereocenters. The van der Waals surface area contributed by atoms with Gasteiger partial charge in [-0.1, -0.05) is 146 Å². The standard InChI is InChI=1S/C55H33NO3/c1-2-15-35(16-3-1)39-29-30-47(51-42-20-8-12-24-48(42)57-52(39)51)56(37-27-26-34-14-4-5-17-36(34)32-37)38-28-31-49-43(33-38)53-54(59-49)55(46-23-11-13-25-50(46)58-53)44-21-9-6-18-40(44)41-19-7-10-22-45(41)55/h1-33H. The first-order valence-corrected chi connectivity index (χ1v) is 20.1. The van der Waals surface area contributed by atoms with Crippen molar-refractivity contribution in [3.8, 4) is 33.8 Å². The molecule has 2 aromatic heterocycles. The highest BCUT2D eigenvalue weighted by atomic mass is 16.5. The summed E-state index contributed by atoms with van der Waals surface area (Å²) in [5, 5.41) is 5.36. The second-order valence-electron chi connectivity index (χ2n) is 15.5. The predicted molar refractivity (Wildman–Crippen MR) is 238 cm³/mol. The summed E-state index contributed by atoms with van der Waals surface area (Å²) >= 11 is 0. The maximum Gasteiger partial charge on any atom is 0.178 e. The second-order valence-corrected chi connectivity index (χ2v) is 15.5. The fourth-order valence-electron chi connectivity index (χ4n) is 10.0. The summed E-state index contributed by atoms with van der Waals surface area (Å²) in [6.45, 7) is 0. The van der Waals surface area contributed by atoms with Crippen LogP contribution >= 0.6 is 0 Å². The monoisotopic (exact) mass is 755 g/mol. The molecule has 0 fully saturated rings. The van der Waals surface area contributed by atoms with Crippen molar-refractivity contribution in [2.24, 2.45) is 0 Å². The number of rotatable bonds is 4. The van der Waals surface area contributed by atoms with E-state index in [4.69, 9.17) is 13.6 Å². The summed E-state index contributed by atoms with van der Waals surface area (Å²) in [6.07, 6.45) is 0. The maximum absolute atomic E-state index is 7.12. The van der Waals surface area contributed by atoms with Crippen LogP contribution in [0, 0.1) is 0 Å². The molecule has 11 aromatic rings. The molecule has 276 valence electrons. The molecule has 2 aliphatic rings. The normalized spacial score (nSPS) is 13.4. The zero-order valence-electron chi connectivity index (χ0n) is 31.7. The van der Waals surface area contributed by atoms with E-state index < -0.39 is 5.41 Å². The van der Waals surface area contributed by atoms with Gasteiger partial charge in [0.15, 0.2) is 11.5 Å². The van der Waals surface area contributed by atoms with Crippen LogP contribution in [0.1, 0.15) is 22.5 Å². The number of nitrogens with zero attached hydrogens (tertiary/aromatic N) is 1. The summed E-state index contributed by atoms with van der Waals surface area (Å²) < 4.78 is 20.9. The van der Waals surface area contributed by atoms with Crippen LogP contribution in [0.5, 0.6) is 11.5 Å². The average Bonchev–Trinajstić information content (AvgIpc) is 3.96. The summed E-state index contributed by atoms with van der Waals surface area (Å²) in [7, 11) is 0. The summed E-state index contributed by atoms with van der Waals surface area (Å²) in [5.41, 5.74) is 12.8. The number of anilines is 3. The number of hydrogen-bond acceptors (Lipinski definition) is 4. The van der Waals surface area contributed by atoms with Gasteiger partial charge in [0.25, 0.3) is 0 Å². The molecule has 1 aliphatic carbocycles. The SMILES string of the molecule is c1ccc(-c2ccc(N(c3ccc4ccccc4c3)c3ccc4oc5c(c4c3)Oc3ccccc3C53c4ccccc4-c4ccccc43)c3c2oc2ccccc23)cc1. The number of ether oxygens (including phenoxy) is 1. The van der Waals surface area contributed by atoms with Crippen molar-refractivity contribution in [2.45, 2.75) is 5.41 Å². The molecule has 0 saturated heterocycles. The first-order chi connectivity index (χ1) is 29.3. The Balaban J connectivity index is 1.10. The predicted octanol–water partition coefficient (Wildman–Crippen LogP) is 15.1. The lowest BCUT2D eigenvalue weighted by Crippen LogP contribution is -2.31. The van der Waals surface area contributed by atoms with Crippen molar-refractivity contribution in [3.05, 3.63) is 223 Å². The van der Waals surface area contributed by atoms with E-state index in [1.807, 2.05) is 12.1 Å². The van der Waals surface area contributed by atoms with Crippen molar-refractivity contribution in [3.63, 3.8) is 0 Å². The van der Waals surface area contributed by atoms with E-state index in [0.29, 0.717) is 0 Å². The molecule has 4 heteroatoms. The van der Waals surface area contributed by atoms with Gasteiger partial charge in [0.1, 0.15) is 27.9 Å². The molecule has 0 atom stereocenters. The fourth-order valence-corrected chi connectivity index (χ4v) is 10.0. The Morgan fingerprint density at radius 2 is 1.07 bits per heavy atom. The number of benzene rings is 9. The summed E-state index contributed by atoms with van der Waals surface area (Å²) in [4.78, 5) is 2.36. The molecule has 0 saturated carbocycles. The Morgan fingerprint density at radius 1 is 0.424 bits per heavy atom. The fraction of sp³-hybridized carbons (Fsp3) is 0.0182. The van der Waals surface area contributed by atoms with E-state index in [0.717, 1.165) is 89.3 Å². The van der Waals surface area contributed by atoms with Crippen molar-refractivity contribution in [1.82, 2.24) is 0 Å². The molecule has 4 nitrogen and oxygen atoms in total. The average molecular weight is 756 g/mol. The minimum Gasteiger partial charge on any atom is -0.455 e. The molecule has 0 radical (unpaired) electrons. The van der Waals surface area contributed by atoms with E-state index in [-0.39, 0.29) is 0 Å². The van der Waals surface area contributed by atoms with Gasteiger partial charge in [-0.15, -0.1) is 0 Å². The topological polar surface area (TPSA) is 38.8 Å². The van der Waals surface area contributed by atoms with Gasteiger partial charge in [-0.05, 0) is 93.2 Å². The Hall–Kier alpha value is -7.82. The molecule has 0 amide bonds. The van der Waals surface area contributed by atoms with Gasteiger partial charge in [-0.2, -0.15) is 0 Å². The van der Waals surface area contributed by atoms with Crippen LogP contribution in [0.3, 0.4) is 0 Å². The number of furan rings is 2. The lowest BCUT2D eigenvalue weighted by molar-refractivity contribution is 0.389. The lowest BCUT2D eigenvalue weighted by atomic mass is 9.69. The van der Waals surface area contributed by atoms with E-state index in [1.165, 1.54) is 27.6 Å². The van der Waals surface area contributed by atoms with Crippen molar-refractivity contribution >= 4 is 60.7 Å². The molecule has 0 bridgehead atoms. The number of para-hydroxylation sites is 2. The van der Waals surface area contributed by atoms with Crippen LogP contribution in [0.25, 0.3) is 65.9 Å². The van der Waals surface area contributed by atoms with Gasteiger partial charge in [0.05, 0.1) is 16.5 Å². The molecule has 3 heterocycles. The molecular formula is C55H33NO3. The highest BCUT2D eigenvalue weighted by Gasteiger charge is 2.54. The highest BCUT2D eigenvalue weighted by Crippen LogP contribution is 2.64. The third-order valence-electron chi connectivity index (χ3n) is 12.5. The van der Waals surface area contributed by atoms with Gasteiger partial charge >= 0.3 is 0 Å². The second kappa shape index (κ2) is 12.1. The minimum atomic E-state index is -0.691. The summed E-state index contributed by atoms with van der Waals surface area (Å²) in [6, 6.07) is 70.9. The Bertz CT molecular complexity index is 3460. The minimum absolute atomic E-state index is 0.691. The van der Waals surface area contributed by atoms with Gasteiger partial charge in [0, 0.05) is 27.9 Å². The van der Waals surface area contributed by atoms with E-state index in [9.17, 15) is 0 Å². The van der Waals surface area contributed by atoms with Crippen LogP contribution < -0.4 is 9.64 Å². The first-order valence-electron chi connectivity index (χ1n) is 20.1. The zero-order valence-corrected chi connectivity index (χ0v) is 31.7. The van der Waals surface area contributed by atoms with Crippen LogP contribution in [0.4, 0.5) is 17.1 Å². The van der Waals surface area contributed by atoms with Crippen molar-refractivity contribution in [2.75, 3.05) is 4.90 Å². The zero-order chi connectivity index (χ0) is 38.7. The molecule has 1 aliphatic heterocycles. The van der Waals surface area contributed by atoms with Gasteiger partial charge < -0.3 is 18.5 Å². The smallest absolute Gasteiger partial charge is 0.178 e. The molecule has 9 aromatic carbocycles. The van der Waals surface area contributed by atoms with Crippen LogP contribution in [-0.2, 0) is 5.41 Å². The Kier molecular flexibility index (Phi) is 6.62. The highest BCUT2D eigenvalue weighted by molar-refractivity contribution is 6.17. The van der Waals surface area contributed by atoms with Gasteiger partial charge in [-0.3, -0.25) is 0 Å². The van der Waals surface area contributed by atoms with Gasteiger partial charge in [-0.25, -0.2) is 0 Å². The van der Waals surface area contributed by atoms with Crippen molar-refractivity contribution < 1.29 is 13.6 Å². The quantitative estimate of drug-likeness (QED) is 0.179. The van der Waals surface area contributed by atoms with Crippen LogP contribution in [0.2, 0.25) is 0 Å². The largest absolute Gasteiger partial charge is 0.455 e. The number of fused-ring (bicyclic) bond motifs is 15. The van der Waals surface area contributed by atoms with Crippen LogP contribution in [-0.4, -0.2) is 0 Å². The van der Waals surface area contributed by atoms with E-state index in [1.54, 1.807) is 0 Å². The third-order valence-corrected chi connectivity index (χ3v) is 12.5. The van der Waals surface area contributed by atoms with Gasteiger partial charge in [0.2, 0.25) is 0 Å². The molecule has 59 heavy (non-hydrogen) atoms. The van der Waals surface area contributed by atoms with Crippen LogP contribution in [0.15, 0.2) is 209 Å². The Morgan fingerprint density at radius 3 is 1.90 bits per heavy atom. The maximum atomic E-state index is 7.12. The number of hydrogen-bond donors (Lipinski definition) is 0. The molecule has 13 rings (SSSR count). The molecule has 0 N–H and O–H groups in total. The molecule has 1 spiro atoms.